The van der Waals surface area contributed by atoms with Crippen LogP contribution in [0.25, 0.3) is 10.9 Å². The third-order valence-electron chi connectivity index (χ3n) is 4.06. The van der Waals surface area contributed by atoms with Gasteiger partial charge in [-0.2, -0.15) is 0 Å². The second kappa shape index (κ2) is 6.42. The lowest BCUT2D eigenvalue weighted by Crippen LogP contribution is -2.27. The van der Waals surface area contributed by atoms with E-state index in [4.69, 9.17) is 0 Å². The largest absolute Gasteiger partial charge is 0.321 e. The molecule has 7 heteroatoms. The van der Waals surface area contributed by atoms with E-state index in [1.807, 2.05) is 25.1 Å². The minimum absolute atomic E-state index is 0.0422. The number of fused-ring (bicyclic) bond motifs is 1. The van der Waals surface area contributed by atoms with Crippen LogP contribution in [0.15, 0.2) is 52.2 Å². The monoisotopic (exact) mass is 360 g/mol. The van der Waals surface area contributed by atoms with Gasteiger partial charge in [-0.05, 0) is 54.6 Å². The van der Waals surface area contributed by atoms with Crippen molar-refractivity contribution in [2.75, 3.05) is 0 Å². The van der Waals surface area contributed by atoms with Crippen LogP contribution in [0.5, 0.6) is 0 Å². The van der Waals surface area contributed by atoms with Crippen LogP contribution in [0.3, 0.4) is 0 Å². The first-order chi connectivity index (χ1) is 11.8. The smallest absolute Gasteiger partial charge is 0.252 e. The first kappa shape index (κ1) is 17.3. The highest BCUT2D eigenvalue weighted by molar-refractivity contribution is 7.89. The Labute approximate surface area is 144 Å². The van der Waals surface area contributed by atoms with Crippen LogP contribution in [0.1, 0.15) is 16.7 Å². The van der Waals surface area contributed by atoms with E-state index in [0.29, 0.717) is 5.56 Å². The lowest BCUT2D eigenvalue weighted by molar-refractivity contribution is 0.579. The Bertz CT molecular complexity index is 1120. The first-order valence-electron chi connectivity index (χ1n) is 7.65. The zero-order valence-corrected chi connectivity index (χ0v) is 14.6. The molecular weight excluding hydrogens is 343 g/mol. The number of aromatic nitrogens is 1. The Balaban J connectivity index is 1.90. The van der Waals surface area contributed by atoms with Crippen molar-refractivity contribution in [3.63, 3.8) is 0 Å². The molecule has 0 amide bonds. The molecule has 3 rings (SSSR count). The number of aryl methyl sites for hydroxylation is 2. The lowest BCUT2D eigenvalue weighted by atomic mass is 10.1. The highest BCUT2D eigenvalue weighted by atomic mass is 32.2. The van der Waals surface area contributed by atoms with Crippen molar-refractivity contribution >= 4 is 20.9 Å². The van der Waals surface area contributed by atoms with E-state index < -0.39 is 15.8 Å². The molecule has 0 radical (unpaired) electrons. The molecule has 0 unspecified atom stereocenters. The standard InChI is InChI=1S/C18H17FN2O3S/c1-11-4-3-5-13-9-14(18(22)21-17(11)13)10-20-25(23,24)15-6-7-16(19)12(2)8-15/h3-9,20H,10H2,1-2H3,(H,21,22). The van der Waals surface area contributed by atoms with Gasteiger partial charge in [0.05, 0.1) is 10.4 Å². The highest BCUT2D eigenvalue weighted by Crippen LogP contribution is 2.16. The van der Waals surface area contributed by atoms with Gasteiger partial charge in [0.25, 0.3) is 5.56 Å². The number of H-pyrrole nitrogens is 1. The van der Waals surface area contributed by atoms with Crippen LogP contribution in [-0.2, 0) is 16.6 Å². The highest BCUT2D eigenvalue weighted by Gasteiger charge is 2.16. The summed E-state index contributed by atoms with van der Waals surface area (Å²) in [5.41, 5.74) is 1.86. The zero-order valence-electron chi connectivity index (χ0n) is 13.8. The van der Waals surface area contributed by atoms with Crippen molar-refractivity contribution in [2.24, 2.45) is 0 Å². The van der Waals surface area contributed by atoms with E-state index in [-0.39, 0.29) is 22.6 Å². The van der Waals surface area contributed by atoms with Crippen LogP contribution in [0.2, 0.25) is 0 Å². The Morgan fingerprint density at radius 3 is 2.56 bits per heavy atom. The van der Waals surface area contributed by atoms with Crippen LogP contribution in [-0.4, -0.2) is 13.4 Å². The molecule has 0 saturated heterocycles. The summed E-state index contributed by atoms with van der Waals surface area (Å²) in [5, 5.41) is 0.825. The predicted molar refractivity (Wildman–Crippen MR) is 94.5 cm³/mol. The van der Waals surface area contributed by atoms with Crippen LogP contribution < -0.4 is 10.3 Å². The maximum absolute atomic E-state index is 13.3. The van der Waals surface area contributed by atoms with Gasteiger partial charge in [0.1, 0.15) is 5.82 Å². The molecule has 0 saturated carbocycles. The number of nitrogens with one attached hydrogen (secondary N) is 2. The van der Waals surface area contributed by atoms with Crippen molar-refractivity contribution in [1.29, 1.82) is 0 Å². The Hall–Kier alpha value is -2.51. The molecule has 25 heavy (non-hydrogen) atoms. The van der Waals surface area contributed by atoms with Crippen LogP contribution in [0.4, 0.5) is 4.39 Å². The van der Waals surface area contributed by atoms with Crippen molar-refractivity contribution in [3.8, 4) is 0 Å². The zero-order chi connectivity index (χ0) is 18.2. The summed E-state index contributed by atoms with van der Waals surface area (Å²) in [7, 11) is -3.85. The molecule has 130 valence electrons. The minimum atomic E-state index is -3.85. The SMILES string of the molecule is Cc1cc(S(=O)(=O)NCc2cc3cccc(C)c3[nH]c2=O)ccc1F. The summed E-state index contributed by atoms with van der Waals surface area (Å²) in [5.74, 6) is -0.472. The Morgan fingerprint density at radius 2 is 1.84 bits per heavy atom. The number of hydrogen-bond acceptors (Lipinski definition) is 3. The Morgan fingerprint density at radius 1 is 1.08 bits per heavy atom. The van der Waals surface area contributed by atoms with Gasteiger partial charge in [-0.1, -0.05) is 18.2 Å². The average Bonchev–Trinajstić information content (AvgIpc) is 2.56. The van der Waals surface area contributed by atoms with Crippen LogP contribution in [0, 0.1) is 19.7 Å². The normalized spacial score (nSPS) is 11.8. The van der Waals surface area contributed by atoms with Gasteiger partial charge in [-0.15, -0.1) is 0 Å². The third kappa shape index (κ3) is 3.47. The number of hydrogen-bond donors (Lipinski definition) is 2. The quantitative estimate of drug-likeness (QED) is 0.751. The van der Waals surface area contributed by atoms with E-state index in [9.17, 15) is 17.6 Å². The van der Waals surface area contributed by atoms with Crippen molar-refractivity contribution in [2.45, 2.75) is 25.3 Å². The lowest BCUT2D eigenvalue weighted by Gasteiger charge is -2.09. The van der Waals surface area contributed by atoms with Crippen molar-refractivity contribution in [1.82, 2.24) is 9.71 Å². The van der Waals surface area contributed by atoms with E-state index >= 15 is 0 Å². The summed E-state index contributed by atoms with van der Waals surface area (Å²) < 4.78 is 40.4. The molecule has 2 aromatic carbocycles. The van der Waals surface area contributed by atoms with Gasteiger partial charge in [0.2, 0.25) is 10.0 Å². The molecule has 0 bridgehead atoms. The molecule has 0 atom stereocenters. The van der Waals surface area contributed by atoms with Gasteiger partial charge < -0.3 is 4.98 Å². The first-order valence-corrected chi connectivity index (χ1v) is 9.13. The van der Waals surface area contributed by atoms with Gasteiger partial charge in [-0.3, -0.25) is 4.79 Å². The maximum atomic E-state index is 13.3. The molecule has 5 nitrogen and oxygen atoms in total. The van der Waals surface area contributed by atoms with E-state index in [2.05, 4.69) is 9.71 Å². The number of benzene rings is 2. The molecule has 0 fully saturated rings. The van der Waals surface area contributed by atoms with Gasteiger partial charge in [0.15, 0.2) is 0 Å². The maximum Gasteiger partial charge on any atom is 0.252 e. The summed E-state index contributed by atoms with van der Waals surface area (Å²) in [6.45, 7) is 3.22. The molecule has 2 N–H and O–H groups in total. The molecule has 3 aromatic rings. The fourth-order valence-corrected chi connectivity index (χ4v) is 3.69. The Kier molecular flexibility index (Phi) is 4.45. The molecule has 0 aliphatic rings. The second-order valence-corrected chi connectivity index (χ2v) is 7.67. The molecular formula is C18H17FN2O3S. The number of sulfonamides is 1. The second-order valence-electron chi connectivity index (χ2n) is 5.90. The minimum Gasteiger partial charge on any atom is -0.321 e. The predicted octanol–water partition coefficient (Wildman–Crippen LogP) is 2.76. The van der Waals surface area contributed by atoms with E-state index in [0.717, 1.165) is 22.5 Å². The van der Waals surface area contributed by atoms with Crippen molar-refractivity contribution < 1.29 is 12.8 Å². The third-order valence-corrected chi connectivity index (χ3v) is 5.46. The van der Waals surface area contributed by atoms with Gasteiger partial charge in [-0.25, -0.2) is 17.5 Å². The fourth-order valence-electron chi connectivity index (χ4n) is 2.60. The molecule has 1 aromatic heterocycles. The summed E-state index contributed by atoms with van der Waals surface area (Å²) >= 11 is 0. The number of pyridine rings is 1. The molecule has 0 aliphatic heterocycles. The molecule has 1 heterocycles. The molecule has 0 aliphatic carbocycles. The average molecular weight is 360 g/mol. The summed E-state index contributed by atoms with van der Waals surface area (Å²) in [6.07, 6.45) is 0. The number of rotatable bonds is 4. The van der Waals surface area contributed by atoms with E-state index in [1.165, 1.54) is 19.1 Å². The summed E-state index contributed by atoms with van der Waals surface area (Å²) in [4.78, 5) is 14.9. The van der Waals surface area contributed by atoms with Gasteiger partial charge >= 0.3 is 0 Å². The van der Waals surface area contributed by atoms with E-state index in [1.54, 1.807) is 6.07 Å². The fraction of sp³-hybridized carbons (Fsp3) is 0.167. The van der Waals surface area contributed by atoms with Crippen molar-refractivity contribution in [3.05, 3.63) is 75.3 Å². The molecule has 0 spiro atoms. The number of aromatic amines is 1. The van der Waals surface area contributed by atoms with Crippen LogP contribution >= 0.6 is 0 Å². The number of para-hydroxylation sites is 1. The van der Waals surface area contributed by atoms with Gasteiger partial charge in [0, 0.05) is 12.1 Å². The summed E-state index contributed by atoms with van der Waals surface area (Å²) in [6, 6.07) is 10.8. The number of halogens is 1. The topological polar surface area (TPSA) is 79.0 Å².